The van der Waals surface area contributed by atoms with Crippen LogP contribution >= 0.6 is 0 Å². The fourth-order valence-corrected chi connectivity index (χ4v) is 2.97. The number of rotatable bonds is 4. The number of benzene rings is 1. The fraction of sp³-hybridized carbons (Fsp3) is 0.333. The summed E-state index contributed by atoms with van der Waals surface area (Å²) in [5.41, 5.74) is -6.21. The molecule has 1 aromatic heterocycles. The van der Waals surface area contributed by atoms with E-state index in [2.05, 4.69) is 10.1 Å². The highest BCUT2D eigenvalue weighted by Gasteiger charge is 2.58. The molecule has 14 heteroatoms. The van der Waals surface area contributed by atoms with Crippen LogP contribution in [0.15, 0.2) is 30.6 Å². The molecule has 0 radical (unpaired) electrons. The molecule has 2 atom stereocenters. The van der Waals surface area contributed by atoms with Gasteiger partial charge in [-0.15, -0.1) is 5.10 Å². The Bertz CT molecular complexity index is 1060. The van der Waals surface area contributed by atoms with Gasteiger partial charge in [-0.05, 0) is 25.1 Å². The second kappa shape index (κ2) is 7.60. The minimum atomic E-state index is -5.04. The van der Waals surface area contributed by atoms with Crippen LogP contribution in [0.4, 0.5) is 30.7 Å². The third-order valence-corrected chi connectivity index (χ3v) is 4.89. The van der Waals surface area contributed by atoms with E-state index in [-0.39, 0.29) is 6.07 Å². The van der Waals surface area contributed by atoms with E-state index in [1.807, 2.05) is 0 Å². The van der Waals surface area contributed by atoms with Gasteiger partial charge < -0.3 is 10.0 Å². The van der Waals surface area contributed by atoms with E-state index in [9.17, 15) is 40.3 Å². The SMILES string of the molecule is CC1N(C(=O)C=Cn2cnc(-c3cc(C(F)(F)F)cc(C(F)(F)F)c3)n2)CC1(F)C(=O)O. The molecule has 2 heterocycles. The first kappa shape index (κ1) is 23.2. The van der Waals surface area contributed by atoms with Gasteiger partial charge in [-0.3, -0.25) is 4.79 Å². The molecule has 2 unspecified atom stereocenters. The molecule has 1 aliphatic rings. The van der Waals surface area contributed by atoms with E-state index in [4.69, 9.17) is 5.11 Å². The van der Waals surface area contributed by atoms with E-state index >= 15 is 0 Å². The summed E-state index contributed by atoms with van der Waals surface area (Å²) < 4.78 is 92.8. The number of hydrogen-bond acceptors (Lipinski definition) is 4. The minimum Gasteiger partial charge on any atom is -0.479 e. The summed E-state index contributed by atoms with van der Waals surface area (Å²) in [5.74, 6) is -2.95. The lowest BCUT2D eigenvalue weighted by Gasteiger charge is -2.47. The Kier molecular flexibility index (Phi) is 5.51. The molecule has 1 N–H and O–H groups in total. The molecule has 1 aliphatic heterocycles. The third kappa shape index (κ3) is 4.29. The maximum Gasteiger partial charge on any atom is 0.416 e. The molecule has 1 saturated heterocycles. The van der Waals surface area contributed by atoms with Crippen molar-refractivity contribution in [3.63, 3.8) is 0 Å². The molecule has 2 aromatic rings. The topological polar surface area (TPSA) is 88.3 Å². The molecular formula is C18H13F7N4O3. The molecule has 172 valence electrons. The van der Waals surface area contributed by atoms with Crippen molar-refractivity contribution >= 4 is 18.1 Å². The van der Waals surface area contributed by atoms with Crippen LogP contribution in [0.3, 0.4) is 0 Å². The van der Waals surface area contributed by atoms with Crippen LogP contribution in [0.5, 0.6) is 0 Å². The smallest absolute Gasteiger partial charge is 0.416 e. The number of alkyl halides is 7. The number of aromatic nitrogens is 3. The summed E-state index contributed by atoms with van der Waals surface area (Å²) in [4.78, 5) is 27.5. The predicted molar refractivity (Wildman–Crippen MR) is 93.4 cm³/mol. The van der Waals surface area contributed by atoms with Crippen LogP contribution in [-0.4, -0.2) is 54.9 Å². The van der Waals surface area contributed by atoms with Crippen LogP contribution in [0, 0.1) is 0 Å². The number of halogens is 7. The zero-order valence-electron chi connectivity index (χ0n) is 15.9. The van der Waals surface area contributed by atoms with Gasteiger partial charge in [0.15, 0.2) is 5.82 Å². The van der Waals surface area contributed by atoms with Crippen LogP contribution in [-0.2, 0) is 21.9 Å². The molecule has 32 heavy (non-hydrogen) atoms. The van der Waals surface area contributed by atoms with Crippen molar-refractivity contribution in [3.05, 3.63) is 41.7 Å². The average Bonchev–Trinajstić information content (AvgIpc) is 3.17. The molecule has 1 aromatic carbocycles. The second-order valence-electron chi connectivity index (χ2n) is 6.97. The molecule has 1 fully saturated rings. The molecule has 0 aliphatic carbocycles. The molecule has 0 bridgehead atoms. The highest BCUT2D eigenvalue weighted by molar-refractivity contribution is 5.94. The zero-order valence-corrected chi connectivity index (χ0v) is 15.9. The monoisotopic (exact) mass is 466 g/mol. The highest BCUT2D eigenvalue weighted by Crippen LogP contribution is 2.38. The number of nitrogens with zero attached hydrogens (tertiary/aromatic N) is 4. The van der Waals surface area contributed by atoms with E-state index in [0.29, 0.717) is 12.1 Å². The summed E-state index contributed by atoms with van der Waals surface area (Å²) in [6.45, 7) is 0.516. The van der Waals surface area contributed by atoms with Gasteiger partial charge in [0.1, 0.15) is 6.33 Å². The van der Waals surface area contributed by atoms with Gasteiger partial charge in [-0.1, -0.05) is 0 Å². The molecule has 0 spiro atoms. The lowest BCUT2D eigenvalue weighted by Crippen LogP contribution is -2.70. The zero-order chi connectivity index (χ0) is 24.1. The maximum atomic E-state index is 14.0. The first-order valence-electron chi connectivity index (χ1n) is 8.75. The lowest BCUT2D eigenvalue weighted by molar-refractivity contribution is -0.177. The van der Waals surface area contributed by atoms with Crippen LogP contribution in [0.25, 0.3) is 17.6 Å². The van der Waals surface area contributed by atoms with Crippen molar-refractivity contribution in [1.29, 1.82) is 0 Å². The summed E-state index contributed by atoms with van der Waals surface area (Å²) >= 11 is 0. The number of carboxylic acids is 1. The van der Waals surface area contributed by atoms with Crippen LogP contribution < -0.4 is 0 Å². The second-order valence-corrected chi connectivity index (χ2v) is 6.97. The number of amides is 1. The molecule has 0 saturated carbocycles. The number of carboxylic acid groups (broad SMARTS) is 1. The average molecular weight is 466 g/mol. The Balaban J connectivity index is 1.82. The summed E-state index contributed by atoms with van der Waals surface area (Å²) in [6, 6.07) is -0.361. The van der Waals surface area contributed by atoms with Crippen molar-refractivity contribution in [2.45, 2.75) is 31.0 Å². The number of carbonyl (C=O) groups is 2. The van der Waals surface area contributed by atoms with Crippen molar-refractivity contribution in [3.8, 4) is 11.4 Å². The summed E-state index contributed by atoms with van der Waals surface area (Å²) in [5, 5.41) is 12.5. The summed E-state index contributed by atoms with van der Waals surface area (Å²) in [7, 11) is 0. The Morgan fingerprint density at radius 2 is 1.69 bits per heavy atom. The Morgan fingerprint density at radius 1 is 1.12 bits per heavy atom. The largest absolute Gasteiger partial charge is 0.479 e. The fourth-order valence-electron chi connectivity index (χ4n) is 2.97. The van der Waals surface area contributed by atoms with Gasteiger partial charge in [-0.25, -0.2) is 18.9 Å². The normalized spacial score (nSPS) is 21.6. The van der Waals surface area contributed by atoms with Gasteiger partial charge in [0.2, 0.25) is 11.6 Å². The Morgan fingerprint density at radius 3 is 2.16 bits per heavy atom. The maximum absolute atomic E-state index is 14.0. The molecule has 7 nitrogen and oxygen atoms in total. The number of carbonyl (C=O) groups excluding carboxylic acids is 1. The van der Waals surface area contributed by atoms with Gasteiger partial charge in [0, 0.05) is 17.8 Å². The van der Waals surface area contributed by atoms with Crippen molar-refractivity contribution in [1.82, 2.24) is 19.7 Å². The van der Waals surface area contributed by atoms with Crippen molar-refractivity contribution < 1.29 is 45.4 Å². The lowest BCUT2D eigenvalue weighted by atomic mass is 9.86. The van der Waals surface area contributed by atoms with Gasteiger partial charge in [0.25, 0.3) is 0 Å². The van der Waals surface area contributed by atoms with Gasteiger partial charge >= 0.3 is 18.3 Å². The van der Waals surface area contributed by atoms with Crippen LogP contribution in [0.2, 0.25) is 0 Å². The van der Waals surface area contributed by atoms with E-state index in [1.165, 1.54) is 6.92 Å². The Labute approximate surface area is 174 Å². The van der Waals surface area contributed by atoms with Gasteiger partial charge in [0.05, 0.1) is 23.7 Å². The molecule has 1 amide bonds. The molecular weight excluding hydrogens is 453 g/mol. The van der Waals surface area contributed by atoms with E-state index in [1.54, 1.807) is 0 Å². The number of aliphatic carboxylic acids is 1. The number of hydrogen-bond donors (Lipinski definition) is 1. The number of likely N-dealkylation sites (tertiary alicyclic amines) is 1. The predicted octanol–water partition coefficient (Wildman–Crippen LogP) is 3.48. The summed E-state index contributed by atoms with van der Waals surface area (Å²) in [6.07, 6.45) is -7.28. The standard InChI is InChI=1S/C18H13F7N4O3/c1-9-16(19,15(31)32)7-29(9)13(30)2-3-28-8-26-14(27-28)10-4-11(17(20,21)22)6-12(5-10)18(23,24)25/h2-6,8-9H,7H2,1H3,(H,31,32). The van der Waals surface area contributed by atoms with Crippen molar-refractivity contribution in [2.75, 3.05) is 6.54 Å². The van der Waals surface area contributed by atoms with Gasteiger partial charge in [-0.2, -0.15) is 26.3 Å². The van der Waals surface area contributed by atoms with E-state index in [0.717, 1.165) is 28.2 Å². The highest BCUT2D eigenvalue weighted by atomic mass is 19.4. The first-order valence-corrected chi connectivity index (χ1v) is 8.75. The van der Waals surface area contributed by atoms with E-state index < -0.39 is 65.0 Å². The minimum absolute atomic E-state index is 0.0324. The van der Waals surface area contributed by atoms with Crippen LogP contribution in [0.1, 0.15) is 18.1 Å². The Hall–Kier alpha value is -3.45. The quantitative estimate of drug-likeness (QED) is 0.551. The first-order chi connectivity index (χ1) is 14.6. The molecule has 3 rings (SSSR count). The van der Waals surface area contributed by atoms with Crippen molar-refractivity contribution in [2.24, 2.45) is 0 Å². The third-order valence-electron chi connectivity index (χ3n) is 4.89.